The van der Waals surface area contributed by atoms with E-state index in [1.165, 1.54) is 5.57 Å². The molecule has 0 aromatic rings. The van der Waals surface area contributed by atoms with Crippen molar-refractivity contribution in [3.8, 4) is 0 Å². The minimum absolute atomic E-state index is 0.299. The zero-order valence-electron chi connectivity index (χ0n) is 5.67. The zero-order valence-corrected chi connectivity index (χ0v) is 6.57. The standard InChI is InChI=1S/C7H13NS/c1-5-4-6(9)2-3-7(5)8/h4,6-7,9H,2-3,8H2,1H3. The number of thiol groups is 1. The molecule has 0 bridgehead atoms. The highest BCUT2D eigenvalue weighted by molar-refractivity contribution is 7.81. The summed E-state index contributed by atoms with van der Waals surface area (Å²) in [6.45, 7) is 2.08. The molecule has 1 rings (SSSR count). The molecular formula is C7H13NS. The van der Waals surface area contributed by atoms with Gasteiger partial charge in [0.25, 0.3) is 0 Å². The van der Waals surface area contributed by atoms with Crippen LogP contribution in [0.1, 0.15) is 19.8 Å². The first-order valence-electron chi connectivity index (χ1n) is 3.32. The van der Waals surface area contributed by atoms with Gasteiger partial charge in [0.15, 0.2) is 0 Å². The summed E-state index contributed by atoms with van der Waals surface area (Å²) >= 11 is 4.33. The van der Waals surface area contributed by atoms with E-state index < -0.39 is 0 Å². The van der Waals surface area contributed by atoms with Gasteiger partial charge in [-0.05, 0) is 19.8 Å². The number of hydrogen-bond donors (Lipinski definition) is 2. The Balaban J connectivity index is 2.61. The zero-order chi connectivity index (χ0) is 6.85. The van der Waals surface area contributed by atoms with Crippen molar-refractivity contribution in [2.75, 3.05) is 0 Å². The van der Waals surface area contributed by atoms with Gasteiger partial charge in [-0.3, -0.25) is 0 Å². The van der Waals surface area contributed by atoms with E-state index in [2.05, 4.69) is 25.6 Å². The maximum Gasteiger partial charge on any atom is 0.0251 e. The van der Waals surface area contributed by atoms with E-state index in [9.17, 15) is 0 Å². The fourth-order valence-corrected chi connectivity index (χ4v) is 1.47. The van der Waals surface area contributed by atoms with Gasteiger partial charge in [-0.15, -0.1) is 0 Å². The third kappa shape index (κ3) is 1.73. The highest BCUT2D eigenvalue weighted by Gasteiger charge is 2.13. The molecule has 0 amide bonds. The van der Waals surface area contributed by atoms with Crippen LogP contribution in [0.3, 0.4) is 0 Å². The molecule has 1 aliphatic rings. The first-order valence-corrected chi connectivity index (χ1v) is 3.84. The van der Waals surface area contributed by atoms with E-state index in [1.54, 1.807) is 0 Å². The van der Waals surface area contributed by atoms with Crippen LogP contribution in [-0.2, 0) is 0 Å². The van der Waals surface area contributed by atoms with Gasteiger partial charge >= 0.3 is 0 Å². The minimum Gasteiger partial charge on any atom is -0.324 e. The lowest BCUT2D eigenvalue weighted by atomic mass is 9.96. The lowest BCUT2D eigenvalue weighted by Crippen LogP contribution is -2.26. The molecule has 1 nitrogen and oxygen atoms in total. The van der Waals surface area contributed by atoms with Crippen molar-refractivity contribution >= 4 is 12.6 Å². The van der Waals surface area contributed by atoms with E-state index in [4.69, 9.17) is 5.73 Å². The van der Waals surface area contributed by atoms with Crippen LogP contribution >= 0.6 is 12.6 Å². The Morgan fingerprint density at radius 2 is 2.33 bits per heavy atom. The van der Waals surface area contributed by atoms with E-state index in [0.717, 1.165) is 12.8 Å². The van der Waals surface area contributed by atoms with Crippen molar-refractivity contribution in [2.45, 2.75) is 31.1 Å². The highest BCUT2D eigenvalue weighted by atomic mass is 32.1. The topological polar surface area (TPSA) is 26.0 Å². The molecule has 0 aliphatic heterocycles. The van der Waals surface area contributed by atoms with Crippen molar-refractivity contribution in [2.24, 2.45) is 5.73 Å². The van der Waals surface area contributed by atoms with Crippen molar-refractivity contribution < 1.29 is 0 Å². The maximum atomic E-state index is 5.74. The van der Waals surface area contributed by atoms with Crippen molar-refractivity contribution in [1.82, 2.24) is 0 Å². The normalized spacial score (nSPS) is 36.1. The van der Waals surface area contributed by atoms with Gasteiger partial charge in [-0.25, -0.2) is 0 Å². The number of rotatable bonds is 0. The Kier molecular flexibility index (Phi) is 2.19. The number of hydrogen-bond acceptors (Lipinski definition) is 2. The van der Waals surface area contributed by atoms with Crippen LogP contribution in [-0.4, -0.2) is 11.3 Å². The molecule has 52 valence electrons. The van der Waals surface area contributed by atoms with Gasteiger partial charge in [-0.1, -0.05) is 11.6 Å². The molecule has 0 saturated carbocycles. The smallest absolute Gasteiger partial charge is 0.0251 e. The third-order valence-electron chi connectivity index (χ3n) is 1.81. The molecule has 0 saturated heterocycles. The molecule has 0 spiro atoms. The fourth-order valence-electron chi connectivity index (χ4n) is 1.09. The maximum absolute atomic E-state index is 5.74. The van der Waals surface area contributed by atoms with Gasteiger partial charge in [0.2, 0.25) is 0 Å². The molecule has 1 aliphatic carbocycles. The van der Waals surface area contributed by atoms with Crippen molar-refractivity contribution in [3.63, 3.8) is 0 Å². The average molecular weight is 143 g/mol. The molecule has 2 unspecified atom stereocenters. The Morgan fingerprint density at radius 3 is 2.78 bits per heavy atom. The van der Waals surface area contributed by atoms with E-state index in [1.807, 2.05) is 0 Å². The molecule has 0 fully saturated rings. The van der Waals surface area contributed by atoms with Gasteiger partial charge in [-0.2, -0.15) is 12.6 Å². The van der Waals surface area contributed by atoms with Crippen LogP contribution in [0, 0.1) is 0 Å². The second kappa shape index (κ2) is 2.76. The van der Waals surface area contributed by atoms with Gasteiger partial charge in [0, 0.05) is 11.3 Å². The van der Waals surface area contributed by atoms with Crippen LogP contribution in [0.2, 0.25) is 0 Å². The third-order valence-corrected chi connectivity index (χ3v) is 2.22. The average Bonchev–Trinajstić information content (AvgIpc) is 1.80. The molecule has 2 N–H and O–H groups in total. The lowest BCUT2D eigenvalue weighted by Gasteiger charge is -2.20. The predicted molar refractivity (Wildman–Crippen MR) is 43.7 cm³/mol. The van der Waals surface area contributed by atoms with E-state index in [0.29, 0.717) is 11.3 Å². The Labute approximate surface area is 61.7 Å². The summed E-state index contributed by atoms with van der Waals surface area (Å²) in [7, 11) is 0. The second-order valence-electron chi connectivity index (χ2n) is 2.66. The highest BCUT2D eigenvalue weighted by Crippen LogP contribution is 2.19. The fraction of sp³-hybridized carbons (Fsp3) is 0.714. The van der Waals surface area contributed by atoms with Crippen LogP contribution in [0.25, 0.3) is 0 Å². The first-order chi connectivity index (χ1) is 4.20. The minimum atomic E-state index is 0.299. The summed E-state index contributed by atoms with van der Waals surface area (Å²) in [5.74, 6) is 0. The molecule has 0 heterocycles. The summed E-state index contributed by atoms with van der Waals surface area (Å²) in [5, 5.41) is 0.449. The summed E-state index contributed by atoms with van der Waals surface area (Å²) in [5.41, 5.74) is 7.03. The predicted octanol–water partition coefficient (Wildman–Crippen LogP) is 1.35. The lowest BCUT2D eigenvalue weighted by molar-refractivity contribution is 0.623. The quantitative estimate of drug-likeness (QED) is 0.388. The Morgan fingerprint density at radius 1 is 1.67 bits per heavy atom. The van der Waals surface area contributed by atoms with Crippen molar-refractivity contribution in [3.05, 3.63) is 11.6 Å². The van der Waals surface area contributed by atoms with Crippen LogP contribution < -0.4 is 5.73 Å². The molecule has 9 heavy (non-hydrogen) atoms. The Bertz CT molecular complexity index is 131. The second-order valence-corrected chi connectivity index (χ2v) is 3.33. The van der Waals surface area contributed by atoms with Gasteiger partial charge in [0.05, 0.1) is 0 Å². The monoisotopic (exact) mass is 143 g/mol. The molecule has 2 atom stereocenters. The molecule has 2 heteroatoms. The molecule has 0 aromatic carbocycles. The molecule has 0 radical (unpaired) electrons. The van der Waals surface area contributed by atoms with Crippen molar-refractivity contribution in [1.29, 1.82) is 0 Å². The SMILES string of the molecule is CC1=CC(S)CCC1N. The molecular weight excluding hydrogens is 130 g/mol. The summed E-state index contributed by atoms with van der Waals surface area (Å²) in [4.78, 5) is 0. The van der Waals surface area contributed by atoms with Crippen LogP contribution in [0.5, 0.6) is 0 Å². The van der Waals surface area contributed by atoms with Gasteiger partial charge in [0.1, 0.15) is 0 Å². The number of nitrogens with two attached hydrogens (primary N) is 1. The van der Waals surface area contributed by atoms with E-state index in [-0.39, 0.29) is 0 Å². The van der Waals surface area contributed by atoms with Crippen LogP contribution in [0.15, 0.2) is 11.6 Å². The summed E-state index contributed by atoms with van der Waals surface area (Å²) < 4.78 is 0. The summed E-state index contributed by atoms with van der Waals surface area (Å²) in [6, 6.07) is 0.299. The van der Waals surface area contributed by atoms with E-state index >= 15 is 0 Å². The molecule has 0 aromatic heterocycles. The Hall–Kier alpha value is 0.0500. The largest absolute Gasteiger partial charge is 0.324 e. The summed E-state index contributed by atoms with van der Waals surface area (Å²) in [6.07, 6.45) is 4.37. The van der Waals surface area contributed by atoms with Crippen LogP contribution in [0.4, 0.5) is 0 Å². The van der Waals surface area contributed by atoms with Gasteiger partial charge < -0.3 is 5.73 Å². The first kappa shape index (κ1) is 7.16.